The van der Waals surface area contributed by atoms with Crippen molar-refractivity contribution >= 4 is 11.0 Å². The van der Waals surface area contributed by atoms with Gasteiger partial charge in [-0.25, -0.2) is 4.98 Å². The van der Waals surface area contributed by atoms with Crippen LogP contribution in [-0.2, 0) is 6.54 Å². The zero-order valence-corrected chi connectivity index (χ0v) is 11.8. The molecule has 4 heteroatoms. The molecular weight excluding hydrogens is 238 g/mol. The van der Waals surface area contributed by atoms with E-state index in [-0.39, 0.29) is 0 Å². The van der Waals surface area contributed by atoms with E-state index in [0.717, 1.165) is 24.4 Å². The van der Waals surface area contributed by atoms with Gasteiger partial charge in [-0.15, -0.1) is 0 Å². The van der Waals surface area contributed by atoms with Gasteiger partial charge in [0.25, 0.3) is 0 Å². The largest absolute Gasteiger partial charge is 0.497 e. The Morgan fingerprint density at radius 2 is 2.32 bits per heavy atom. The number of fused-ring (bicyclic) bond motifs is 1. The molecule has 1 aliphatic heterocycles. The molecule has 0 radical (unpaired) electrons. The standard InChI is InChI=1S/C15H21N3O/c1-4-18-14-6-5-11(19-3)9-13(14)17-15(18)12-7-8-16-10(12)2/h5-6,9-10,12,16H,4,7-8H2,1-3H3. The van der Waals surface area contributed by atoms with Gasteiger partial charge in [0.1, 0.15) is 11.6 Å². The molecule has 4 nitrogen and oxygen atoms in total. The van der Waals surface area contributed by atoms with Gasteiger partial charge in [-0.1, -0.05) is 0 Å². The maximum Gasteiger partial charge on any atom is 0.121 e. The summed E-state index contributed by atoms with van der Waals surface area (Å²) in [6.45, 7) is 6.48. The molecule has 2 aromatic rings. The molecule has 2 unspecified atom stereocenters. The Balaban J connectivity index is 2.13. The van der Waals surface area contributed by atoms with Crippen LogP contribution in [0.25, 0.3) is 11.0 Å². The lowest BCUT2D eigenvalue weighted by molar-refractivity contribution is 0.415. The van der Waals surface area contributed by atoms with Crippen molar-refractivity contribution in [1.29, 1.82) is 0 Å². The fourth-order valence-electron chi connectivity index (χ4n) is 3.08. The summed E-state index contributed by atoms with van der Waals surface area (Å²) in [4.78, 5) is 4.87. The first-order chi connectivity index (χ1) is 9.24. The Kier molecular flexibility index (Phi) is 3.19. The predicted octanol–water partition coefficient (Wildman–Crippen LogP) is 2.53. The highest BCUT2D eigenvalue weighted by molar-refractivity contribution is 5.78. The van der Waals surface area contributed by atoms with Gasteiger partial charge in [0.2, 0.25) is 0 Å². The molecule has 19 heavy (non-hydrogen) atoms. The van der Waals surface area contributed by atoms with Gasteiger partial charge in [0.15, 0.2) is 0 Å². The Morgan fingerprint density at radius 1 is 1.47 bits per heavy atom. The van der Waals surface area contributed by atoms with Gasteiger partial charge in [-0.05, 0) is 38.9 Å². The quantitative estimate of drug-likeness (QED) is 0.920. The topological polar surface area (TPSA) is 39.1 Å². The third-order valence-corrected chi connectivity index (χ3v) is 4.16. The van der Waals surface area contributed by atoms with Gasteiger partial charge in [0, 0.05) is 24.6 Å². The highest BCUT2D eigenvalue weighted by Crippen LogP contribution is 2.31. The van der Waals surface area contributed by atoms with E-state index in [1.165, 1.54) is 17.8 Å². The van der Waals surface area contributed by atoms with Crippen LogP contribution >= 0.6 is 0 Å². The van der Waals surface area contributed by atoms with Crippen LogP contribution in [0.3, 0.4) is 0 Å². The summed E-state index contributed by atoms with van der Waals surface area (Å²) in [5.74, 6) is 2.60. The second-order valence-electron chi connectivity index (χ2n) is 5.21. The first kappa shape index (κ1) is 12.5. The summed E-state index contributed by atoms with van der Waals surface area (Å²) >= 11 is 0. The molecule has 2 atom stereocenters. The predicted molar refractivity (Wildman–Crippen MR) is 76.8 cm³/mol. The van der Waals surface area contributed by atoms with Crippen molar-refractivity contribution < 1.29 is 4.74 Å². The number of aromatic nitrogens is 2. The molecule has 1 aromatic heterocycles. The summed E-state index contributed by atoms with van der Waals surface area (Å²) in [5, 5.41) is 3.51. The number of rotatable bonds is 3. The van der Waals surface area contributed by atoms with Crippen molar-refractivity contribution in [1.82, 2.24) is 14.9 Å². The first-order valence-corrected chi connectivity index (χ1v) is 7.02. The second kappa shape index (κ2) is 4.85. The van der Waals surface area contributed by atoms with E-state index >= 15 is 0 Å². The van der Waals surface area contributed by atoms with E-state index in [2.05, 4.69) is 29.8 Å². The molecule has 2 heterocycles. The molecule has 0 amide bonds. The minimum atomic E-state index is 0.504. The SMILES string of the molecule is CCn1c(C2CCNC2C)nc2cc(OC)ccc21. The molecule has 1 fully saturated rings. The summed E-state index contributed by atoms with van der Waals surface area (Å²) < 4.78 is 7.63. The van der Waals surface area contributed by atoms with Gasteiger partial charge < -0.3 is 14.6 Å². The highest BCUT2D eigenvalue weighted by atomic mass is 16.5. The molecule has 0 spiro atoms. The van der Waals surface area contributed by atoms with Crippen molar-refractivity contribution in [3.05, 3.63) is 24.0 Å². The maximum atomic E-state index is 5.29. The van der Waals surface area contributed by atoms with E-state index in [1.54, 1.807) is 7.11 Å². The summed E-state index contributed by atoms with van der Waals surface area (Å²) in [7, 11) is 1.70. The van der Waals surface area contributed by atoms with Crippen molar-refractivity contribution in [3.63, 3.8) is 0 Å². The Bertz CT molecular complexity index is 590. The molecule has 1 aliphatic rings. The minimum absolute atomic E-state index is 0.504. The van der Waals surface area contributed by atoms with Crippen LogP contribution in [0.15, 0.2) is 18.2 Å². The third-order valence-electron chi connectivity index (χ3n) is 4.16. The molecule has 1 N–H and O–H groups in total. The van der Waals surface area contributed by atoms with Crippen LogP contribution in [0.1, 0.15) is 32.0 Å². The molecule has 3 rings (SSSR count). The zero-order chi connectivity index (χ0) is 13.4. The normalized spacial score (nSPS) is 23.1. The summed E-state index contributed by atoms with van der Waals surface area (Å²) in [6.07, 6.45) is 1.17. The molecule has 0 bridgehead atoms. The number of aryl methyl sites for hydroxylation is 1. The number of hydrogen-bond acceptors (Lipinski definition) is 3. The Labute approximate surface area is 113 Å². The monoisotopic (exact) mass is 259 g/mol. The minimum Gasteiger partial charge on any atom is -0.497 e. The lowest BCUT2D eigenvalue weighted by Gasteiger charge is -2.16. The number of nitrogens with zero attached hydrogens (tertiary/aromatic N) is 2. The molecular formula is C15H21N3O. The van der Waals surface area contributed by atoms with E-state index in [4.69, 9.17) is 9.72 Å². The molecule has 1 saturated heterocycles. The smallest absolute Gasteiger partial charge is 0.121 e. The van der Waals surface area contributed by atoms with Crippen molar-refractivity contribution in [2.24, 2.45) is 0 Å². The Hall–Kier alpha value is -1.55. The van der Waals surface area contributed by atoms with Gasteiger partial charge in [-0.2, -0.15) is 0 Å². The number of hydrogen-bond donors (Lipinski definition) is 1. The zero-order valence-electron chi connectivity index (χ0n) is 11.8. The van der Waals surface area contributed by atoms with Gasteiger partial charge >= 0.3 is 0 Å². The van der Waals surface area contributed by atoms with Crippen LogP contribution in [0, 0.1) is 0 Å². The lowest BCUT2D eigenvalue weighted by Crippen LogP contribution is -2.23. The number of nitrogens with one attached hydrogen (secondary N) is 1. The number of benzene rings is 1. The van der Waals surface area contributed by atoms with E-state index in [9.17, 15) is 0 Å². The number of imidazole rings is 1. The van der Waals surface area contributed by atoms with E-state index < -0.39 is 0 Å². The molecule has 0 aliphatic carbocycles. The maximum absolute atomic E-state index is 5.29. The first-order valence-electron chi connectivity index (χ1n) is 7.02. The van der Waals surface area contributed by atoms with Gasteiger partial charge in [0.05, 0.1) is 18.1 Å². The summed E-state index contributed by atoms with van der Waals surface area (Å²) in [6, 6.07) is 6.65. The van der Waals surface area contributed by atoms with E-state index in [1.807, 2.05) is 12.1 Å². The van der Waals surface area contributed by atoms with Crippen LogP contribution in [0.2, 0.25) is 0 Å². The van der Waals surface area contributed by atoms with Crippen LogP contribution < -0.4 is 10.1 Å². The number of methoxy groups -OCH3 is 1. The average Bonchev–Trinajstić information content (AvgIpc) is 3.00. The van der Waals surface area contributed by atoms with Crippen molar-refractivity contribution in [2.45, 2.75) is 38.8 Å². The van der Waals surface area contributed by atoms with Crippen LogP contribution in [0.4, 0.5) is 0 Å². The summed E-state index contributed by atoms with van der Waals surface area (Å²) in [5.41, 5.74) is 2.24. The highest BCUT2D eigenvalue weighted by Gasteiger charge is 2.29. The fraction of sp³-hybridized carbons (Fsp3) is 0.533. The average molecular weight is 259 g/mol. The molecule has 0 saturated carbocycles. The number of ether oxygens (including phenoxy) is 1. The fourth-order valence-corrected chi connectivity index (χ4v) is 3.08. The Morgan fingerprint density at radius 3 is 2.95 bits per heavy atom. The van der Waals surface area contributed by atoms with E-state index in [0.29, 0.717) is 12.0 Å². The van der Waals surface area contributed by atoms with Gasteiger partial charge in [-0.3, -0.25) is 0 Å². The van der Waals surface area contributed by atoms with Crippen LogP contribution in [-0.4, -0.2) is 29.2 Å². The third kappa shape index (κ3) is 2.00. The van der Waals surface area contributed by atoms with Crippen molar-refractivity contribution in [3.8, 4) is 5.75 Å². The van der Waals surface area contributed by atoms with Crippen molar-refractivity contribution in [2.75, 3.05) is 13.7 Å². The van der Waals surface area contributed by atoms with Crippen LogP contribution in [0.5, 0.6) is 5.75 Å². The second-order valence-corrected chi connectivity index (χ2v) is 5.21. The lowest BCUT2D eigenvalue weighted by atomic mass is 10.0. The molecule has 1 aromatic carbocycles. The molecule has 102 valence electrons.